The fourth-order valence-electron chi connectivity index (χ4n) is 0.682. The van der Waals surface area contributed by atoms with Gasteiger partial charge in [0.2, 0.25) is 0 Å². The van der Waals surface area contributed by atoms with Crippen LogP contribution in [0.2, 0.25) is 0 Å². The summed E-state index contributed by atoms with van der Waals surface area (Å²) in [5.74, 6) is -0.0718. The Kier molecular flexibility index (Phi) is 1.45. The molecule has 0 bridgehead atoms. The van der Waals surface area contributed by atoms with E-state index in [2.05, 4.69) is 0 Å². The predicted octanol–water partition coefficient (Wildman–Crippen LogP) is -0.650. The quantitative estimate of drug-likeness (QED) is 0.251. The number of nitrogen functional groups attached to an aromatic ring is 2. The Morgan fingerprint density at radius 1 is 1.30 bits per heavy atom. The molecule has 0 saturated heterocycles. The van der Waals surface area contributed by atoms with Crippen LogP contribution < -0.4 is 16.9 Å². The summed E-state index contributed by atoms with van der Waals surface area (Å²) >= 11 is 0. The molecule has 1 rings (SSSR count). The molecule has 1 aromatic rings. The number of nitrogens with two attached hydrogens (primary N) is 2. The minimum atomic E-state index is -0.0718. The lowest BCUT2D eigenvalue weighted by atomic mass is 9.95. The number of benzene rings is 1. The normalized spacial score (nSPS) is 9.60. The average molecular weight is 134 g/mol. The second kappa shape index (κ2) is 2.13. The minimum absolute atomic E-state index is 0.0718. The van der Waals surface area contributed by atoms with Crippen LogP contribution in [0.15, 0.2) is 12.1 Å². The van der Waals surface area contributed by atoms with Gasteiger partial charge < -0.3 is 16.6 Å². The van der Waals surface area contributed by atoms with E-state index in [9.17, 15) is 0 Å². The van der Waals surface area contributed by atoms with Crippen molar-refractivity contribution in [1.82, 2.24) is 0 Å². The molecule has 0 spiro atoms. The van der Waals surface area contributed by atoms with E-state index in [1.54, 1.807) is 0 Å². The summed E-state index contributed by atoms with van der Waals surface area (Å²) in [6, 6.07) is 2.85. The van der Waals surface area contributed by atoms with Gasteiger partial charge in [0.15, 0.2) is 0 Å². The number of hydrogen-bond donors (Lipinski definition) is 3. The lowest BCUT2D eigenvalue weighted by Crippen LogP contribution is -2.05. The summed E-state index contributed by atoms with van der Waals surface area (Å²) < 4.78 is 0. The topological polar surface area (TPSA) is 72.3 Å². The highest BCUT2D eigenvalue weighted by Crippen LogP contribution is 2.23. The molecular weight excluding hydrogens is 127 g/mol. The van der Waals surface area contributed by atoms with E-state index in [1.165, 1.54) is 12.1 Å². The molecule has 0 heterocycles. The largest absolute Gasteiger partial charge is 0.506 e. The van der Waals surface area contributed by atoms with Gasteiger partial charge in [-0.1, -0.05) is 5.46 Å². The molecule has 0 amide bonds. The van der Waals surface area contributed by atoms with Crippen molar-refractivity contribution in [2.24, 2.45) is 0 Å². The second-order valence-electron chi connectivity index (χ2n) is 2.04. The van der Waals surface area contributed by atoms with Gasteiger partial charge in [-0.15, -0.1) is 0 Å². The summed E-state index contributed by atoms with van der Waals surface area (Å²) in [5.41, 5.74) is 11.6. The van der Waals surface area contributed by atoms with Gasteiger partial charge in [-0.2, -0.15) is 0 Å². The summed E-state index contributed by atoms with van der Waals surface area (Å²) in [5, 5.41) is 9.00. The molecular formula is C6H7BN2O. The van der Waals surface area contributed by atoms with Crippen molar-refractivity contribution in [1.29, 1.82) is 0 Å². The maximum atomic E-state index is 9.00. The monoisotopic (exact) mass is 134 g/mol. The molecule has 2 radical (unpaired) electrons. The molecule has 3 nitrogen and oxygen atoms in total. The third kappa shape index (κ3) is 1.00. The van der Waals surface area contributed by atoms with Crippen LogP contribution in [0.25, 0.3) is 0 Å². The molecule has 0 atom stereocenters. The first-order valence-electron chi connectivity index (χ1n) is 2.74. The molecule has 0 unspecified atom stereocenters. The van der Waals surface area contributed by atoms with Crippen LogP contribution in [-0.2, 0) is 0 Å². The van der Waals surface area contributed by atoms with E-state index in [1.807, 2.05) is 0 Å². The summed E-state index contributed by atoms with van der Waals surface area (Å²) in [6.07, 6.45) is 0. The van der Waals surface area contributed by atoms with Gasteiger partial charge in [0.05, 0.1) is 11.4 Å². The molecule has 0 fully saturated rings. The lowest BCUT2D eigenvalue weighted by Gasteiger charge is -2.03. The highest BCUT2D eigenvalue weighted by atomic mass is 16.3. The molecule has 0 saturated carbocycles. The molecule has 0 aliphatic carbocycles. The van der Waals surface area contributed by atoms with Gasteiger partial charge >= 0.3 is 0 Å². The van der Waals surface area contributed by atoms with Gasteiger partial charge in [0, 0.05) is 0 Å². The summed E-state index contributed by atoms with van der Waals surface area (Å²) in [7, 11) is 5.33. The van der Waals surface area contributed by atoms with Crippen molar-refractivity contribution < 1.29 is 5.11 Å². The molecule has 5 N–H and O–H groups in total. The van der Waals surface area contributed by atoms with E-state index in [0.717, 1.165) is 0 Å². The highest BCUT2D eigenvalue weighted by Gasteiger charge is 1.99. The average Bonchev–Trinajstić information content (AvgIpc) is 1.82. The highest BCUT2D eigenvalue weighted by molar-refractivity contribution is 6.33. The minimum Gasteiger partial charge on any atom is -0.506 e. The number of anilines is 2. The summed E-state index contributed by atoms with van der Waals surface area (Å²) in [6.45, 7) is 0. The van der Waals surface area contributed by atoms with Crippen molar-refractivity contribution >= 4 is 24.7 Å². The first kappa shape index (κ1) is 6.80. The molecule has 0 aliphatic rings. The molecule has 1 aromatic carbocycles. The van der Waals surface area contributed by atoms with E-state index in [0.29, 0.717) is 11.2 Å². The Labute approximate surface area is 60.1 Å². The van der Waals surface area contributed by atoms with Crippen molar-refractivity contribution in [3.63, 3.8) is 0 Å². The third-order valence-corrected chi connectivity index (χ3v) is 1.21. The van der Waals surface area contributed by atoms with Crippen molar-refractivity contribution in [3.05, 3.63) is 12.1 Å². The predicted molar refractivity (Wildman–Crippen MR) is 42.3 cm³/mol. The van der Waals surface area contributed by atoms with E-state index < -0.39 is 0 Å². The van der Waals surface area contributed by atoms with Crippen molar-refractivity contribution in [2.75, 3.05) is 11.5 Å². The number of rotatable bonds is 0. The van der Waals surface area contributed by atoms with Gasteiger partial charge in [-0.05, 0) is 12.1 Å². The van der Waals surface area contributed by atoms with Gasteiger partial charge in [-0.3, -0.25) is 0 Å². The maximum Gasteiger partial charge on any atom is 0.140 e. The van der Waals surface area contributed by atoms with E-state index in [-0.39, 0.29) is 11.4 Å². The van der Waals surface area contributed by atoms with Crippen molar-refractivity contribution in [2.45, 2.75) is 0 Å². The number of aromatic hydroxyl groups is 1. The molecule has 50 valence electrons. The fourth-order valence-corrected chi connectivity index (χ4v) is 0.682. The van der Waals surface area contributed by atoms with Gasteiger partial charge in [-0.25, -0.2) is 0 Å². The zero-order valence-electron chi connectivity index (χ0n) is 5.33. The van der Waals surface area contributed by atoms with Gasteiger partial charge in [0.25, 0.3) is 0 Å². The van der Waals surface area contributed by atoms with Crippen molar-refractivity contribution in [3.8, 4) is 5.75 Å². The first-order chi connectivity index (χ1) is 4.61. The Morgan fingerprint density at radius 2 is 1.90 bits per heavy atom. The van der Waals surface area contributed by atoms with Crippen LogP contribution in [-0.4, -0.2) is 13.0 Å². The molecule has 0 aromatic heterocycles. The van der Waals surface area contributed by atoms with Crippen LogP contribution in [0.5, 0.6) is 5.75 Å². The zero-order valence-corrected chi connectivity index (χ0v) is 5.33. The fraction of sp³-hybridized carbons (Fsp3) is 0. The smallest absolute Gasteiger partial charge is 0.140 e. The van der Waals surface area contributed by atoms with Crippen LogP contribution in [0.1, 0.15) is 0 Å². The number of hydrogen-bond acceptors (Lipinski definition) is 3. The standard InChI is InChI=1S/C6H7BN2O/c7-3-1-4(8)6(9)5(10)2-3/h1-2,10H,8-9H2. The number of phenols is 1. The Balaban J connectivity index is 3.31. The van der Waals surface area contributed by atoms with Crippen LogP contribution in [0, 0.1) is 0 Å². The van der Waals surface area contributed by atoms with Crippen LogP contribution in [0.3, 0.4) is 0 Å². The van der Waals surface area contributed by atoms with Gasteiger partial charge in [0.1, 0.15) is 13.6 Å². The zero-order chi connectivity index (χ0) is 7.72. The van der Waals surface area contributed by atoms with E-state index >= 15 is 0 Å². The molecule has 0 aliphatic heterocycles. The SMILES string of the molecule is [B]c1cc(N)c(N)c(O)c1. The summed E-state index contributed by atoms with van der Waals surface area (Å²) in [4.78, 5) is 0. The maximum absolute atomic E-state index is 9.00. The number of phenolic OH excluding ortho intramolecular Hbond substituents is 1. The Morgan fingerprint density at radius 3 is 2.40 bits per heavy atom. The third-order valence-electron chi connectivity index (χ3n) is 1.21. The molecule has 10 heavy (non-hydrogen) atoms. The Hall–Kier alpha value is -1.32. The van der Waals surface area contributed by atoms with E-state index in [4.69, 9.17) is 24.4 Å². The van der Waals surface area contributed by atoms with Crippen LogP contribution >= 0.6 is 0 Å². The first-order valence-corrected chi connectivity index (χ1v) is 2.74. The lowest BCUT2D eigenvalue weighted by molar-refractivity contribution is 0.479. The van der Waals surface area contributed by atoms with Crippen LogP contribution in [0.4, 0.5) is 11.4 Å². The molecule has 4 heteroatoms. The Bertz CT molecular complexity index is 239. The second-order valence-corrected chi connectivity index (χ2v) is 2.04.